The summed E-state index contributed by atoms with van der Waals surface area (Å²) in [5, 5.41) is 11.5. The van der Waals surface area contributed by atoms with Gasteiger partial charge in [-0.25, -0.2) is 17.1 Å². The zero-order chi connectivity index (χ0) is 23.4. The van der Waals surface area contributed by atoms with Crippen LogP contribution in [0.25, 0.3) is 0 Å². The molecule has 1 aromatic rings. The second-order valence-corrected chi connectivity index (χ2v) is 10.6. The van der Waals surface area contributed by atoms with Crippen molar-refractivity contribution in [3.63, 3.8) is 0 Å². The average Bonchev–Trinajstić information content (AvgIpc) is 2.92. The van der Waals surface area contributed by atoms with Crippen molar-refractivity contribution in [2.75, 3.05) is 65.8 Å². The predicted molar refractivity (Wildman–Crippen MR) is 116 cm³/mol. The minimum atomic E-state index is -3.23. The van der Waals surface area contributed by atoms with Crippen molar-refractivity contribution in [1.29, 1.82) is 0 Å². The smallest absolute Gasteiger partial charge is 0.248 e. The van der Waals surface area contributed by atoms with Crippen molar-refractivity contribution in [3.8, 4) is 5.75 Å². The van der Waals surface area contributed by atoms with Gasteiger partial charge in [0.05, 0.1) is 12.8 Å². The fourth-order valence-corrected chi connectivity index (χ4v) is 5.21. The highest BCUT2D eigenvalue weighted by Gasteiger charge is 2.40. The minimum absolute atomic E-state index is 0.0587. The molecular formula is C21H32FN3O6S. The lowest BCUT2D eigenvalue weighted by Gasteiger charge is -2.39. The number of nitrogens with zero attached hydrogens (tertiary/aromatic N) is 3. The van der Waals surface area contributed by atoms with E-state index in [1.165, 1.54) is 35.9 Å². The molecule has 0 radical (unpaired) electrons. The number of rotatable bonds is 7. The summed E-state index contributed by atoms with van der Waals surface area (Å²) in [5.74, 6) is -0.373. The number of piperidine rings is 1. The molecule has 9 nitrogen and oxygen atoms in total. The Morgan fingerprint density at radius 1 is 1.22 bits per heavy atom. The molecule has 0 spiro atoms. The molecule has 180 valence electrons. The first-order chi connectivity index (χ1) is 15.1. The number of ether oxygens (including phenoxy) is 2. The summed E-state index contributed by atoms with van der Waals surface area (Å²) in [6, 6.07) is 5.76. The standard InChI is InChI=1S/C21H32FN3O6S/c1-30-13-20(26)24-11-10-23(18-6-8-25(9-7-18)32(2,28)29)14-21(27,15-24)16-31-19-5-3-4-17(22)12-19/h3-5,12,18,27H,6-11,13-16H2,1-2H3/t21-/m1/s1. The number of benzene rings is 1. The number of sulfonamides is 1. The molecule has 1 aromatic carbocycles. The topological polar surface area (TPSA) is 99.6 Å². The zero-order valence-electron chi connectivity index (χ0n) is 18.6. The number of hydrogen-bond acceptors (Lipinski definition) is 7. The molecule has 11 heteroatoms. The number of hydrogen-bond donors (Lipinski definition) is 1. The molecule has 1 N–H and O–H groups in total. The van der Waals surface area contributed by atoms with Crippen molar-refractivity contribution in [1.82, 2.24) is 14.1 Å². The van der Waals surface area contributed by atoms with Gasteiger partial charge >= 0.3 is 0 Å². The first-order valence-corrected chi connectivity index (χ1v) is 12.5. The molecule has 0 saturated carbocycles. The van der Waals surface area contributed by atoms with Crippen LogP contribution in [0.5, 0.6) is 5.75 Å². The van der Waals surface area contributed by atoms with Crippen molar-refractivity contribution in [3.05, 3.63) is 30.1 Å². The average molecular weight is 474 g/mol. The van der Waals surface area contributed by atoms with Gasteiger partial charge in [0.1, 0.15) is 30.4 Å². The Morgan fingerprint density at radius 2 is 1.94 bits per heavy atom. The molecule has 1 amide bonds. The van der Waals surface area contributed by atoms with Crippen LogP contribution in [0.15, 0.2) is 24.3 Å². The highest BCUT2D eigenvalue weighted by atomic mass is 32.2. The van der Waals surface area contributed by atoms with E-state index in [9.17, 15) is 22.7 Å². The van der Waals surface area contributed by atoms with Crippen molar-refractivity contribution >= 4 is 15.9 Å². The fraction of sp³-hybridized carbons (Fsp3) is 0.667. The maximum atomic E-state index is 13.5. The van der Waals surface area contributed by atoms with E-state index in [4.69, 9.17) is 9.47 Å². The Morgan fingerprint density at radius 3 is 2.56 bits per heavy atom. The fourth-order valence-electron chi connectivity index (χ4n) is 4.33. The van der Waals surface area contributed by atoms with Crippen molar-refractivity contribution in [2.24, 2.45) is 0 Å². The Hall–Kier alpha value is -1.79. The number of aliphatic hydroxyl groups is 1. The van der Waals surface area contributed by atoms with Gasteiger partial charge in [-0.3, -0.25) is 9.69 Å². The van der Waals surface area contributed by atoms with Crippen LogP contribution in [0, 0.1) is 5.82 Å². The van der Waals surface area contributed by atoms with E-state index in [1.807, 2.05) is 0 Å². The SMILES string of the molecule is COCC(=O)N1CCN(C2CCN(S(C)(=O)=O)CC2)C[C@](O)(COc2cccc(F)c2)C1. The molecule has 0 aliphatic carbocycles. The summed E-state index contributed by atoms with van der Waals surface area (Å²) in [4.78, 5) is 16.2. The van der Waals surface area contributed by atoms with E-state index in [0.29, 0.717) is 44.8 Å². The van der Waals surface area contributed by atoms with E-state index in [-0.39, 0.29) is 38.3 Å². The van der Waals surface area contributed by atoms with E-state index in [1.54, 1.807) is 11.0 Å². The second-order valence-electron chi connectivity index (χ2n) is 8.58. The molecule has 32 heavy (non-hydrogen) atoms. The Bertz CT molecular complexity index is 893. The van der Waals surface area contributed by atoms with Gasteiger partial charge < -0.3 is 19.5 Å². The summed E-state index contributed by atoms with van der Waals surface area (Å²) < 4.78 is 49.3. The van der Waals surface area contributed by atoms with Crippen LogP contribution in [-0.2, 0) is 19.6 Å². The van der Waals surface area contributed by atoms with Crippen LogP contribution in [0.2, 0.25) is 0 Å². The largest absolute Gasteiger partial charge is 0.490 e. The third-order valence-corrected chi connectivity index (χ3v) is 7.28. The van der Waals surface area contributed by atoms with Crippen LogP contribution >= 0.6 is 0 Å². The van der Waals surface area contributed by atoms with E-state index in [0.717, 1.165) is 0 Å². The molecule has 1 atom stereocenters. The van der Waals surface area contributed by atoms with Gasteiger partial charge in [-0.1, -0.05) is 6.07 Å². The third kappa shape index (κ3) is 6.61. The second kappa shape index (κ2) is 10.4. The normalized spacial score (nSPS) is 24.3. The lowest BCUT2D eigenvalue weighted by atomic mass is 10.00. The summed E-state index contributed by atoms with van der Waals surface area (Å²) in [7, 11) is -1.79. The first-order valence-electron chi connectivity index (χ1n) is 10.7. The van der Waals surface area contributed by atoms with Crippen LogP contribution in [-0.4, -0.2) is 111 Å². The minimum Gasteiger partial charge on any atom is -0.490 e. The Kier molecular flexibility index (Phi) is 8.10. The molecular weight excluding hydrogens is 441 g/mol. The monoisotopic (exact) mass is 473 g/mol. The molecule has 0 aromatic heterocycles. The highest BCUT2D eigenvalue weighted by Crippen LogP contribution is 2.24. The summed E-state index contributed by atoms with van der Waals surface area (Å²) >= 11 is 0. The van der Waals surface area contributed by atoms with Gasteiger partial charge in [0, 0.05) is 51.9 Å². The number of β-amino-alcohol motifs (C(OH)–C–C–N with tert-alkyl or cyclic N) is 1. The van der Waals surface area contributed by atoms with Gasteiger partial charge in [0.15, 0.2) is 0 Å². The maximum Gasteiger partial charge on any atom is 0.248 e. The van der Waals surface area contributed by atoms with Gasteiger partial charge in [-0.2, -0.15) is 0 Å². The number of carbonyl (C=O) groups is 1. The lowest BCUT2D eigenvalue weighted by molar-refractivity contribution is -0.138. The number of amides is 1. The molecule has 2 heterocycles. The van der Waals surface area contributed by atoms with Gasteiger partial charge in [0.25, 0.3) is 0 Å². The summed E-state index contributed by atoms with van der Waals surface area (Å²) in [6.45, 7) is 1.90. The van der Waals surface area contributed by atoms with Crippen LogP contribution in [0.3, 0.4) is 0 Å². The molecule has 0 bridgehead atoms. The molecule has 2 fully saturated rings. The van der Waals surface area contributed by atoms with E-state index < -0.39 is 21.4 Å². The number of methoxy groups -OCH3 is 1. The van der Waals surface area contributed by atoms with E-state index >= 15 is 0 Å². The van der Waals surface area contributed by atoms with Crippen LogP contribution in [0.1, 0.15) is 12.8 Å². The van der Waals surface area contributed by atoms with Gasteiger partial charge in [-0.15, -0.1) is 0 Å². The third-order valence-electron chi connectivity index (χ3n) is 5.97. The predicted octanol–water partition coefficient (Wildman–Crippen LogP) is 0.150. The highest BCUT2D eigenvalue weighted by molar-refractivity contribution is 7.88. The van der Waals surface area contributed by atoms with Crippen LogP contribution in [0.4, 0.5) is 4.39 Å². The van der Waals surface area contributed by atoms with Gasteiger partial charge in [0.2, 0.25) is 15.9 Å². The maximum absolute atomic E-state index is 13.5. The quantitative estimate of drug-likeness (QED) is 0.602. The van der Waals surface area contributed by atoms with E-state index in [2.05, 4.69) is 4.90 Å². The Balaban J connectivity index is 1.73. The van der Waals surface area contributed by atoms with Crippen molar-refractivity contribution < 1.29 is 32.2 Å². The Labute approximate surface area is 188 Å². The summed E-state index contributed by atoms with van der Waals surface area (Å²) in [6.07, 6.45) is 2.49. The number of carbonyl (C=O) groups excluding carboxylic acids is 1. The molecule has 3 rings (SSSR count). The first kappa shape index (κ1) is 24.8. The molecule has 2 aliphatic rings. The van der Waals surface area contributed by atoms with Gasteiger partial charge in [-0.05, 0) is 25.0 Å². The number of halogens is 1. The van der Waals surface area contributed by atoms with Crippen LogP contribution < -0.4 is 4.74 Å². The summed E-state index contributed by atoms with van der Waals surface area (Å²) in [5.41, 5.74) is -1.39. The molecule has 2 aliphatic heterocycles. The van der Waals surface area contributed by atoms with Crippen molar-refractivity contribution in [2.45, 2.75) is 24.5 Å². The zero-order valence-corrected chi connectivity index (χ0v) is 19.4. The lowest BCUT2D eigenvalue weighted by Crippen LogP contribution is -2.55. The molecule has 2 saturated heterocycles. The molecule has 0 unspecified atom stereocenters.